The minimum absolute atomic E-state index is 0.0642. The lowest BCUT2D eigenvalue weighted by Gasteiger charge is -2.22. The van der Waals surface area contributed by atoms with Gasteiger partial charge in [0.05, 0.1) is 9.35 Å². The first-order chi connectivity index (χ1) is 16.7. The zero-order valence-electron chi connectivity index (χ0n) is 18.9. The quantitative estimate of drug-likeness (QED) is 0.304. The predicted molar refractivity (Wildman–Crippen MR) is 144 cm³/mol. The maximum absolute atomic E-state index is 13.1. The summed E-state index contributed by atoms with van der Waals surface area (Å²) in [7, 11) is -3.78. The van der Waals surface area contributed by atoms with Gasteiger partial charge in [-0.05, 0) is 93.6 Å². The first-order valence-electron chi connectivity index (χ1n) is 11.7. The molecule has 1 fully saturated rings. The van der Waals surface area contributed by atoms with E-state index in [2.05, 4.69) is 36.6 Å². The van der Waals surface area contributed by atoms with Crippen LogP contribution in [0.1, 0.15) is 66.9 Å². The van der Waals surface area contributed by atoms with Crippen molar-refractivity contribution in [2.45, 2.75) is 61.5 Å². The van der Waals surface area contributed by atoms with Gasteiger partial charge in [-0.3, -0.25) is 4.72 Å². The molecule has 10 heteroatoms. The number of fused-ring (bicyclic) bond motifs is 1. The number of aryl methyl sites for hydroxylation is 1. The third-order valence-electron chi connectivity index (χ3n) is 6.68. The molecular weight excluding hydrogens is 618 g/mol. The van der Waals surface area contributed by atoms with Crippen LogP contribution in [0, 0.1) is 5.92 Å². The molecule has 186 valence electrons. The van der Waals surface area contributed by atoms with Gasteiger partial charge < -0.3 is 9.52 Å². The minimum atomic E-state index is -3.78. The van der Waals surface area contributed by atoms with Crippen LogP contribution in [0.4, 0.5) is 5.69 Å². The highest BCUT2D eigenvalue weighted by atomic mass is 79.9. The molecule has 35 heavy (non-hydrogen) atoms. The first kappa shape index (κ1) is 25.0. The first-order valence-corrected chi connectivity index (χ1v) is 15.6. The minimum Gasteiger partial charge on any atom is -0.507 e. The number of thiophene rings is 1. The van der Waals surface area contributed by atoms with E-state index >= 15 is 0 Å². The van der Waals surface area contributed by atoms with E-state index in [0.717, 1.165) is 61.0 Å². The fourth-order valence-corrected chi connectivity index (χ4v) is 8.73. The summed E-state index contributed by atoms with van der Waals surface area (Å²) in [5.74, 6) is 0.525. The van der Waals surface area contributed by atoms with E-state index in [1.165, 1.54) is 0 Å². The molecule has 1 saturated carbocycles. The Morgan fingerprint density at radius 3 is 2.51 bits per heavy atom. The van der Waals surface area contributed by atoms with E-state index in [1.807, 2.05) is 6.07 Å². The number of aromatic hydroxyl groups is 1. The van der Waals surface area contributed by atoms with Crippen molar-refractivity contribution in [2.24, 2.45) is 5.92 Å². The summed E-state index contributed by atoms with van der Waals surface area (Å²) in [6.45, 7) is 0. The van der Waals surface area contributed by atoms with Gasteiger partial charge in [0.15, 0.2) is 0 Å². The van der Waals surface area contributed by atoms with Crippen LogP contribution >= 0.6 is 43.2 Å². The molecule has 2 aliphatic carbocycles. The molecule has 6 nitrogen and oxygen atoms in total. The van der Waals surface area contributed by atoms with Crippen LogP contribution in [0.3, 0.4) is 0 Å². The molecule has 0 saturated heterocycles. The van der Waals surface area contributed by atoms with Crippen LogP contribution in [0.25, 0.3) is 0 Å². The molecule has 1 atom stereocenters. The molecule has 0 aliphatic heterocycles. The smallest absolute Gasteiger partial charge is 0.343 e. The highest BCUT2D eigenvalue weighted by molar-refractivity contribution is 9.13. The Balaban J connectivity index is 1.52. The van der Waals surface area contributed by atoms with Crippen LogP contribution in [0.2, 0.25) is 0 Å². The van der Waals surface area contributed by atoms with Gasteiger partial charge in [-0.25, -0.2) is 13.2 Å². The average Bonchev–Trinajstić information content (AvgIpc) is 3.56. The predicted octanol–water partition coefficient (Wildman–Crippen LogP) is 6.93. The Morgan fingerprint density at radius 2 is 1.83 bits per heavy atom. The van der Waals surface area contributed by atoms with Gasteiger partial charge in [-0.2, -0.15) is 0 Å². The number of sulfonamides is 1. The number of benzene rings is 1. The second kappa shape index (κ2) is 10.0. The van der Waals surface area contributed by atoms with Crippen molar-refractivity contribution in [2.75, 3.05) is 4.72 Å². The molecule has 1 unspecified atom stereocenters. The summed E-state index contributed by atoms with van der Waals surface area (Å²) in [6.07, 6.45) is 7.33. The number of hydrogen-bond acceptors (Lipinski definition) is 6. The molecule has 0 bridgehead atoms. The van der Waals surface area contributed by atoms with Gasteiger partial charge in [-0.1, -0.05) is 25.0 Å². The van der Waals surface area contributed by atoms with Crippen LogP contribution in [0.15, 0.2) is 52.0 Å². The topological polar surface area (TPSA) is 96.6 Å². The van der Waals surface area contributed by atoms with E-state index in [1.54, 1.807) is 24.3 Å². The van der Waals surface area contributed by atoms with Crippen LogP contribution in [-0.2, 0) is 22.9 Å². The molecule has 2 aromatic heterocycles. The summed E-state index contributed by atoms with van der Waals surface area (Å²) in [5, 5.41) is 11.3. The number of anilines is 1. The Labute approximate surface area is 225 Å². The summed E-state index contributed by atoms with van der Waals surface area (Å²) < 4.78 is 35.9. The molecule has 0 amide bonds. The summed E-state index contributed by atoms with van der Waals surface area (Å²) in [4.78, 5) is 13.1. The number of nitrogens with one attached hydrogen (secondary N) is 1. The molecule has 3 aromatic rings. The van der Waals surface area contributed by atoms with Crippen molar-refractivity contribution in [1.82, 2.24) is 0 Å². The lowest BCUT2D eigenvalue weighted by molar-refractivity contribution is 0.382. The number of halogens is 2. The monoisotopic (exact) mass is 641 g/mol. The van der Waals surface area contributed by atoms with Crippen LogP contribution in [-0.4, -0.2) is 13.5 Å². The van der Waals surface area contributed by atoms with Crippen molar-refractivity contribution in [3.05, 3.63) is 71.5 Å². The van der Waals surface area contributed by atoms with Crippen LogP contribution in [0.5, 0.6) is 5.75 Å². The zero-order chi connectivity index (χ0) is 24.7. The summed E-state index contributed by atoms with van der Waals surface area (Å²) >= 11 is 7.79. The number of hydrogen-bond donors (Lipinski definition) is 2. The van der Waals surface area contributed by atoms with E-state index in [0.29, 0.717) is 38.1 Å². The molecule has 2 aliphatic rings. The van der Waals surface area contributed by atoms with Crippen molar-refractivity contribution >= 4 is 58.9 Å². The van der Waals surface area contributed by atoms with Gasteiger partial charge in [0.2, 0.25) is 0 Å². The Bertz CT molecular complexity index is 1410. The second-order valence-electron chi connectivity index (χ2n) is 9.20. The lowest BCUT2D eigenvalue weighted by atomic mass is 9.85. The van der Waals surface area contributed by atoms with Crippen LogP contribution < -0.4 is 10.3 Å². The SMILES string of the molecule is O=c1oc2c(c(O)c1C(c1cccc(NS(=O)(=O)c3cc(Br)c(Br)s3)c1)C1CC1)CCCCCC2. The van der Waals surface area contributed by atoms with Gasteiger partial charge >= 0.3 is 5.63 Å². The summed E-state index contributed by atoms with van der Waals surface area (Å²) in [5.41, 5.74) is 1.77. The standard InChI is InChI=1S/C25H25Br2NO5S2/c26-18-13-20(34-24(18)27)35(31,32)28-16-7-5-6-15(12-16)21(14-10-11-14)22-23(29)17-8-3-1-2-4-9-19(17)33-25(22)30/h5-7,12-14,21,28-29H,1-4,8-11H2. The normalized spacial score (nSPS) is 17.3. The third-order valence-corrected chi connectivity index (χ3v) is 11.8. The molecule has 0 radical (unpaired) electrons. The molecule has 2 heterocycles. The highest BCUT2D eigenvalue weighted by Crippen LogP contribution is 2.49. The molecule has 1 aromatic carbocycles. The maximum Gasteiger partial charge on any atom is 0.343 e. The fraction of sp³-hybridized carbons (Fsp3) is 0.400. The van der Waals surface area contributed by atoms with E-state index < -0.39 is 15.6 Å². The van der Waals surface area contributed by atoms with Crippen molar-refractivity contribution < 1.29 is 17.9 Å². The van der Waals surface area contributed by atoms with E-state index in [4.69, 9.17) is 4.42 Å². The van der Waals surface area contributed by atoms with E-state index in [-0.39, 0.29) is 21.8 Å². The van der Waals surface area contributed by atoms with Gasteiger partial charge in [0.1, 0.15) is 15.7 Å². The molecule has 5 rings (SSSR count). The molecule has 2 N–H and O–H groups in total. The van der Waals surface area contributed by atoms with Crippen molar-refractivity contribution in [3.63, 3.8) is 0 Å². The highest BCUT2D eigenvalue weighted by Gasteiger charge is 2.38. The van der Waals surface area contributed by atoms with Crippen molar-refractivity contribution in [1.29, 1.82) is 0 Å². The van der Waals surface area contributed by atoms with Crippen molar-refractivity contribution in [3.8, 4) is 5.75 Å². The lowest BCUT2D eigenvalue weighted by Crippen LogP contribution is -2.19. The maximum atomic E-state index is 13.1. The number of rotatable bonds is 6. The van der Waals surface area contributed by atoms with Gasteiger partial charge in [-0.15, -0.1) is 11.3 Å². The molecule has 0 spiro atoms. The average molecular weight is 643 g/mol. The van der Waals surface area contributed by atoms with Gasteiger partial charge in [0, 0.05) is 28.1 Å². The third kappa shape index (κ3) is 5.26. The Hall–Kier alpha value is -1.62. The van der Waals surface area contributed by atoms with Gasteiger partial charge in [0.25, 0.3) is 10.0 Å². The summed E-state index contributed by atoms with van der Waals surface area (Å²) in [6, 6.07) is 8.65. The zero-order valence-corrected chi connectivity index (χ0v) is 23.7. The Kier molecular flexibility index (Phi) is 7.18. The molecular formula is C25H25Br2NO5S2. The largest absolute Gasteiger partial charge is 0.507 e. The van der Waals surface area contributed by atoms with E-state index in [9.17, 15) is 18.3 Å². The Morgan fingerprint density at radius 1 is 1.09 bits per heavy atom. The fourth-order valence-electron chi connectivity index (χ4n) is 4.86. The second-order valence-corrected chi connectivity index (χ2v) is 14.3.